The van der Waals surface area contributed by atoms with Crippen LogP contribution in [-0.2, 0) is 15.9 Å². The van der Waals surface area contributed by atoms with Gasteiger partial charge in [0.2, 0.25) is 0 Å². The first-order valence-corrected chi connectivity index (χ1v) is 8.43. The minimum atomic E-state index is -0.486. The Morgan fingerprint density at radius 3 is 2.52 bits per heavy atom. The zero-order valence-corrected chi connectivity index (χ0v) is 15.1. The SMILES string of the molecule is CO[C@H]1CCN(C(=O)OC(C)(C)C)C(Cc2ccc(Cl)cc2)C1. The van der Waals surface area contributed by atoms with Gasteiger partial charge < -0.3 is 14.4 Å². The normalized spacial score (nSPS) is 22.0. The monoisotopic (exact) mass is 339 g/mol. The van der Waals surface area contributed by atoms with E-state index in [0.717, 1.165) is 29.8 Å². The number of ether oxygens (including phenoxy) is 2. The minimum absolute atomic E-state index is 0.0738. The van der Waals surface area contributed by atoms with Crippen molar-refractivity contribution in [2.45, 2.75) is 57.8 Å². The third kappa shape index (κ3) is 5.40. The summed E-state index contributed by atoms with van der Waals surface area (Å²) >= 11 is 5.95. The molecule has 5 heteroatoms. The summed E-state index contributed by atoms with van der Waals surface area (Å²) < 4.78 is 11.1. The van der Waals surface area contributed by atoms with Crippen molar-refractivity contribution in [2.24, 2.45) is 0 Å². The molecule has 0 saturated carbocycles. The molecule has 4 nitrogen and oxygen atoms in total. The zero-order chi connectivity index (χ0) is 17.0. The van der Waals surface area contributed by atoms with E-state index in [2.05, 4.69) is 0 Å². The lowest BCUT2D eigenvalue weighted by atomic mass is 9.94. The molecule has 1 aromatic rings. The summed E-state index contributed by atoms with van der Waals surface area (Å²) in [7, 11) is 1.73. The van der Waals surface area contributed by atoms with Crippen LogP contribution in [0, 0.1) is 0 Å². The molecular weight excluding hydrogens is 314 g/mol. The molecule has 1 fully saturated rings. The molecular formula is C18H26ClNO3. The van der Waals surface area contributed by atoms with Crippen LogP contribution in [0.5, 0.6) is 0 Å². The summed E-state index contributed by atoms with van der Waals surface area (Å²) in [5.74, 6) is 0. The smallest absolute Gasteiger partial charge is 0.410 e. The van der Waals surface area contributed by atoms with E-state index in [4.69, 9.17) is 21.1 Å². The van der Waals surface area contributed by atoms with Gasteiger partial charge in [0.15, 0.2) is 0 Å². The van der Waals surface area contributed by atoms with E-state index in [0.29, 0.717) is 6.54 Å². The summed E-state index contributed by atoms with van der Waals surface area (Å²) in [6.45, 7) is 6.33. The predicted octanol–water partition coefficient (Wildman–Crippen LogP) is 4.30. The standard InChI is InChI=1S/C18H26ClNO3/c1-18(2,3)23-17(21)20-10-9-16(22-4)12-15(20)11-13-5-7-14(19)8-6-13/h5-8,15-16H,9-12H2,1-4H3/t15?,16-/m0/s1. The molecule has 1 aliphatic heterocycles. The van der Waals surface area contributed by atoms with E-state index in [-0.39, 0.29) is 18.2 Å². The Hall–Kier alpha value is -1.26. The summed E-state index contributed by atoms with van der Waals surface area (Å²) in [5, 5.41) is 0.719. The van der Waals surface area contributed by atoms with Crippen molar-refractivity contribution < 1.29 is 14.3 Å². The Balaban J connectivity index is 2.11. The maximum absolute atomic E-state index is 12.5. The predicted molar refractivity (Wildman–Crippen MR) is 91.9 cm³/mol. The van der Waals surface area contributed by atoms with Gasteiger partial charge in [-0.1, -0.05) is 23.7 Å². The van der Waals surface area contributed by atoms with Gasteiger partial charge in [-0.25, -0.2) is 4.79 Å². The molecule has 1 amide bonds. The third-order valence-electron chi connectivity index (χ3n) is 4.01. The van der Waals surface area contributed by atoms with Gasteiger partial charge in [0.25, 0.3) is 0 Å². The van der Waals surface area contributed by atoms with Crippen molar-refractivity contribution in [3.63, 3.8) is 0 Å². The van der Waals surface area contributed by atoms with Gasteiger partial charge in [-0.05, 0) is 57.7 Å². The lowest BCUT2D eigenvalue weighted by molar-refractivity contribution is -0.0177. The molecule has 0 radical (unpaired) electrons. The van der Waals surface area contributed by atoms with Crippen LogP contribution in [0.4, 0.5) is 4.79 Å². The molecule has 2 rings (SSSR count). The highest BCUT2D eigenvalue weighted by atomic mass is 35.5. The molecule has 0 bridgehead atoms. The molecule has 1 heterocycles. The molecule has 0 aromatic heterocycles. The number of hydrogen-bond donors (Lipinski definition) is 0. The van der Waals surface area contributed by atoms with Crippen molar-refractivity contribution in [1.29, 1.82) is 0 Å². The number of piperidine rings is 1. The van der Waals surface area contributed by atoms with Crippen molar-refractivity contribution >= 4 is 17.7 Å². The fourth-order valence-electron chi connectivity index (χ4n) is 2.88. The second-order valence-corrected chi connectivity index (χ2v) is 7.48. The Kier molecular flexibility index (Phi) is 5.93. The zero-order valence-electron chi connectivity index (χ0n) is 14.3. The second-order valence-electron chi connectivity index (χ2n) is 7.04. The maximum atomic E-state index is 12.5. The lowest BCUT2D eigenvalue weighted by Gasteiger charge is -2.39. The number of hydrogen-bond acceptors (Lipinski definition) is 3. The largest absolute Gasteiger partial charge is 0.444 e. The molecule has 0 aliphatic carbocycles. The summed E-state index contributed by atoms with van der Waals surface area (Å²) in [6.07, 6.45) is 2.37. The van der Waals surface area contributed by atoms with Gasteiger partial charge in [-0.2, -0.15) is 0 Å². The molecule has 1 aromatic carbocycles. The highest BCUT2D eigenvalue weighted by Crippen LogP contribution is 2.25. The van der Waals surface area contributed by atoms with Crippen molar-refractivity contribution in [3.05, 3.63) is 34.9 Å². The lowest BCUT2D eigenvalue weighted by Crippen LogP contribution is -2.50. The van der Waals surface area contributed by atoms with E-state index >= 15 is 0 Å². The first-order valence-electron chi connectivity index (χ1n) is 8.05. The van der Waals surface area contributed by atoms with Crippen LogP contribution in [-0.4, -0.2) is 42.4 Å². The number of carbonyl (C=O) groups is 1. The summed E-state index contributed by atoms with van der Waals surface area (Å²) in [6, 6.07) is 7.85. The van der Waals surface area contributed by atoms with Crippen LogP contribution in [0.15, 0.2) is 24.3 Å². The maximum Gasteiger partial charge on any atom is 0.410 e. The average molecular weight is 340 g/mol. The molecule has 2 atom stereocenters. The van der Waals surface area contributed by atoms with Gasteiger partial charge in [-0.3, -0.25) is 0 Å². The fourth-order valence-corrected chi connectivity index (χ4v) is 3.00. The molecule has 0 N–H and O–H groups in total. The Labute approximate surface area is 143 Å². The van der Waals surface area contributed by atoms with Gasteiger partial charge >= 0.3 is 6.09 Å². The van der Waals surface area contributed by atoms with Crippen molar-refractivity contribution in [3.8, 4) is 0 Å². The number of methoxy groups -OCH3 is 1. The van der Waals surface area contributed by atoms with E-state index in [1.807, 2.05) is 49.9 Å². The number of amides is 1. The summed E-state index contributed by atoms with van der Waals surface area (Å²) in [5.41, 5.74) is 0.671. The Bertz CT molecular complexity index is 524. The van der Waals surface area contributed by atoms with Gasteiger partial charge in [0, 0.05) is 24.7 Å². The molecule has 1 unspecified atom stereocenters. The van der Waals surface area contributed by atoms with Crippen LogP contribution in [0.25, 0.3) is 0 Å². The van der Waals surface area contributed by atoms with E-state index in [1.54, 1.807) is 7.11 Å². The number of nitrogens with zero attached hydrogens (tertiary/aromatic N) is 1. The fraction of sp³-hybridized carbons (Fsp3) is 0.611. The molecule has 1 aliphatic rings. The first-order chi connectivity index (χ1) is 10.8. The van der Waals surface area contributed by atoms with Crippen molar-refractivity contribution in [1.82, 2.24) is 4.90 Å². The van der Waals surface area contributed by atoms with Gasteiger partial charge in [-0.15, -0.1) is 0 Å². The highest BCUT2D eigenvalue weighted by Gasteiger charge is 2.34. The topological polar surface area (TPSA) is 38.8 Å². The Morgan fingerprint density at radius 2 is 1.96 bits per heavy atom. The molecule has 23 heavy (non-hydrogen) atoms. The average Bonchev–Trinajstić information content (AvgIpc) is 2.47. The molecule has 0 spiro atoms. The van der Waals surface area contributed by atoms with Gasteiger partial charge in [0.05, 0.1) is 6.10 Å². The van der Waals surface area contributed by atoms with Crippen LogP contribution in [0.3, 0.4) is 0 Å². The number of benzene rings is 1. The van der Waals surface area contributed by atoms with E-state index in [1.165, 1.54) is 0 Å². The Morgan fingerprint density at radius 1 is 1.30 bits per heavy atom. The number of carbonyl (C=O) groups excluding carboxylic acids is 1. The number of halogens is 1. The number of rotatable bonds is 3. The van der Waals surface area contributed by atoms with Crippen LogP contribution >= 0.6 is 11.6 Å². The van der Waals surface area contributed by atoms with Gasteiger partial charge in [0.1, 0.15) is 5.60 Å². The first kappa shape index (κ1) is 18.1. The summed E-state index contributed by atoms with van der Waals surface area (Å²) in [4.78, 5) is 14.3. The van der Waals surface area contributed by atoms with Crippen molar-refractivity contribution in [2.75, 3.05) is 13.7 Å². The number of likely N-dealkylation sites (tertiary alicyclic amines) is 1. The van der Waals surface area contributed by atoms with Crippen LogP contribution in [0.2, 0.25) is 5.02 Å². The molecule has 1 saturated heterocycles. The molecule has 128 valence electrons. The minimum Gasteiger partial charge on any atom is -0.444 e. The van der Waals surface area contributed by atoms with E-state index < -0.39 is 5.60 Å². The van der Waals surface area contributed by atoms with Crippen LogP contribution < -0.4 is 0 Å². The highest BCUT2D eigenvalue weighted by molar-refractivity contribution is 6.30. The second kappa shape index (κ2) is 7.54. The van der Waals surface area contributed by atoms with E-state index in [9.17, 15) is 4.79 Å². The van der Waals surface area contributed by atoms with Crippen LogP contribution in [0.1, 0.15) is 39.2 Å². The quantitative estimate of drug-likeness (QED) is 0.824. The third-order valence-corrected chi connectivity index (χ3v) is 4.27.